The minimum Gasteiger partial charge on any atom is -0.493 e. The van der Waals surface area contributed by atoms with E-state index in [0.717, 1.165) is 33.8 Å². The van der Waals surface area contributed by atoms with Crippen molar-refractivity contribution in [2.24, 2.45) is 0 Å². The summed E-state index contributed by atoms with van der Waals surface area (Å²) in [5, 5.41) is 3.96. The zero-order valence-electron chi connectivity index (χ0n) is 18.6. The van der Waals surface area contributed by atoms with Gasteiger partial charge >= 0.3 is 0 Å². The van der Waals surface area contributed by atoms with E-state index in [4.69, 9.17) is 9.47 Å². The van der Waals surface area contributed by atoms with Gasteiger partial charge in [-0.1, -0.05) is 18.7 Å². The van der Waals surface area contributed by atoms with Crippen LogP contribution in [0.4, 0.5) is 11.5 Å². The molecule has 7 heteroatoms. The van der Waals surface area contributed by atoms with E-state index in [0.29, 0.717) is 23.1 Å². The van der Waals surface area contributed by atoms with Crippen molar-refractivity contribution in [2.75, 3.05) is 26.1 Å². The van der Waals surface area contributed by atoms with Crippen LogP contribution in [-0.2, 0) is 0 Å². The molecule has 7 nitrogen and oxygen atoms in total. The molecule has 0 aliphatic heterocycles. The van der Waals surface area contributed by atoms with Gasteiger partial charge in [-0.3, -0.25) is 4.98 Å². The van der Waals surface area contributed by atoms with Gasteiger partial charge in [0, 0.05) is 31.2 Å². The Labute approximate surface area is 187 Å². The van der Waals surface area contributed by atoms with Crippen molar-refractivity contribution < 1.29 is 9.47 Å². The zero-order valence-corrected chi connectivity index (χ0v) is 18.6. The van der Waals surface area contributed by atoms with Gasteiger partial charge in [0.1, 0.15) is 17.4 Å². The van der Waals surface area contributed by atoms with Crippen LogP contribution < -0.4 is 19.7 Å². The van der Waals surface area contributed by atoms with Crippen LogP contribution in [0.2, 0.25) is 0 Å². The first kappa shape index (κ1) is 21.1. The number of ether oxygens (including phenoxy) is 2. The quantitative estimate of drug-likeness (QED) is 0.440. The molecule has 0 aliphatic carbocycles. The number of methoxy groups -OCH3 is 1. The number of aryl methyl sites for hydroxylation is 1. The molecule has 32 heavy (non-hydrogen) atoms. The smallest absolute Gasteiger partial charge is 0.171 e. The molecule has 0 spiro atoms. The lowest BCUT2D eigenvalue weighted by Crippen LogP contribution is -2.13. The number of pyridine rings is 1. The highest BCUT2D eigenvalue weighted by atomic mass is 16.5. The Morgan fingerprint density at radius 1 is 1.03 bits per heavy atom. The summed E-state index contributed by atoms with van der Waals surface area (Å²) in [6.07, 6.45) is 1.66. The average Bonchev–Trinajstić information content (AvgIpc) is 2.83. The second kappa shape index (κ2) is 8.93. The predicted molar refractivity (Wildman–Crippen MR) is 128 cm³/mol. The molecule has 0 radical (unpaired) electrons. The number of hydrogen-bond acceptors (Lipinski definition) is 7. The molecule has 0 atom stereocenters. The fraction of sp³-hybridized carbons (Fsp3) is 0.160. The van der Waals surface area contributed by atoms with E-state index in [1.165, 1.54) is 0 Å². The normalized spacial score (nSPS) is 10.6. The largest absolute Gasteiger partial charge is 0.493 e. The van der Waals surface area contributed by atoms with Gasteiger partial charge in [-0.25, -0.2) is 9.97 Å². The second-order valence-electron chi connectivity index (χ2n) is 7.22. The number of para-hydroxylation sites is 1. The summed E-state index contributed by atoms with van der Waals surface area (Å²) in [6, 6.07) is 17.4. The van der Waals surface area contributed by atoms with Gasteiger partial charge in [0.2, 0.25) is 0 Å². The molecule has 2 heterocycles. The van der Waals surface area contributed by atoms with E-state index < -0.39 is 0 Å². The molecule has 0 unspecified atom stereocenters. The molecule has 0 saturated heterocycles. The van der Waals surface area contributed by atoms with Crippen LogP contribution in [0.5, 0.6) is 17.2 Å². The number of nitrogens with one attached hydrogen (secondary N) is 1. The molecule has 0 bridgehead atoms. The Balaban J connectivity index is 1.69. The molecule has 2 aromatic carbocycles. The Hall–Kier alpha value is -4.13. The summed E-state index contributed by atoms with van der Waals surface area (Å²) < 4.78 is 11.6. The minimum absolute atomic E-state index is 0.578. The Morgan fingerprint density at radius 3 is 2.56 bits per heavy atom. The molecule has 4 rings (SSSR count). The van der Waals surface area contributed by atoms with Crippen LogP contribution in [0.3, 0.4) is 0 Å². The molecule has 0 fully saturated rings. The summed E-state index contributed by atoms with van der Waals surface area (Å²) in [4.78, 5) is 15.6. The van der Waals surface area contributed by atoms with Crippen molar-refractivity contribution in [3.05, 3.63) is 78.9 Å². The maximum absolute atomic E-state index is 6.11. The van der Waals surface area contributed by atoms with Crippen molar-refractivity contribution in [1.29, 1.82) is 0 Å². The molecule has 0 amide bonds. The fourth-order valence-electron chi connectivity index (χ4n) is 3.38. The van der Waals surface area contributed by atoms with Crippen molar-refractivity contribution in [2.45, 2.75) is 6.92 Å². The Morgan fingerprint density at radius 2 is 1.84 bits per heavy atom. The van der Waals surface area contributed by atoms with Crippen molar-refractivity contribution in [3.63, 3.8) is 0 Å². The van der Waals surface area contributed by atoms with E-state index in [1.54, 1.807) is 13.3 Å². The first-order valence-electron chi connectivity index (χ1n) is 10.2. The Kier molecular flexibility index (Phi) is 5.89. The van der Waals surface area contributed by atoms with E-state index >= 15 is 0 Å². The lowest BCUT2D eigenvalue weighted by molar-refractivity contribution is 0.378. The molecule has 162 valence electrons. The van der Waals surface area contributed by atoms with Gasteiger partial charge in [0.05, 0.1) is 30.2 Å². The van der Waals surface area contributed by atoms with Gasteiger partial charge in [0.25, 0.3) is 0 Å². The number of rotatable bonds is 7. The molecular formula is C25H25N5O2. The third-order valence-corrected chi connectivity index (χ3v) is 5.12. The van der Waals surface area contributed by atoms with Crippen molar-refractivity contribution in [3.8, 4) is 17.2 Å². The summed E-state index contributed by atoms with van der Waals surface area (Å²) in [5.74, 6) is 3.33. The van der Waals surface area contributed by atoms with E-state index in [2.05, 4.69) is 26.8 Å². The van der Waals surface area contributed by atoms with E-state index in [1.807, 2.05) is 80.5 Å². The highest BCUT2D eigenvalue weighted by molar-refractivity contribution is 5.91. The minimum atomic E-state index is 0.578. The summed E-state index contributed by atoms with van der Waals surface area (Å²) in [6.45, 7) is 5.82. The molecular weight excluding hydrogens is 402 g/mol. The number of fused-ring (bicyclic) bond motifs is 1. The summed E-state index contributed by atoms with van der Waals surface area (Å²) >= 11 is 0. The highest BCUT2D eigenvalue weighted by Crippen LogP contribution is 2.37. The topological polar surface area (TPSA) is 72.4 Å². The van der Waals surface area contributed by atoms with Crippen LogP contribution in [0.1, 0.15) is 11.5 Å². The third kappa shape index (κ3) is 4.18. The SMILES string of the molecule is C=C(NC)c1ccc(Oc2cc(N(C)c3nc(C)nc4ccccc34)ccc2OC)cn1. The zero-order chi connectivity index (χ0) is 22.7. The average molecular weight is 428 g/mol. The van der Waals surface area contributed by atoms with Gasteiger partial charge in [-0.15, -0.1) is 0 Å². The number of nitrogens with zero attached hydrogens (tertiary/aromatic N) is 4. The first-order valence-corrected chi connectivity index (χ1v) is 10.2. The van der Waals surface area contributed by atoms with Crippen LogP contribution in [0.25, 0.3) is 16.6 Å². The molecule has 0 aliphatic rings. The maximum atomic E-state index is 6.11. The number of hydrogen-bond donors (Lipinski definition) is 1. The predicted octanol–water partition coefficient (Wildman–Crippen LogP) is 5.09. The van der Waals surface area contributed by atoms with Crippen LogP contribution in [-0.4, -0.2) is 36.2 Å². The molecule has 0 saturated carbocycles. The standard InChI is InChI=1S/C25H25N5O2/c1-16(26-3)21-12-11-19(15-27-21)32-24-14-18(10-13-23(24)31-5)30(4)25-20-8-6-7-9-22(20)28-17(2)29-25/h6-15,26H,1H2,2-5H3. The molecule has 1 N–H and O–H groups in total. The number of anilines is 2. The first-order chi connectivity index (χ1) is 15.5. The molecule has 2 aromatic heterocycles. The van der Waals surface area contributed by atoms with Gasteiger partial charge < -0.3 is 19.7 Å². The monoisotopic (exact) mass is 427 g/mol. The lowest BCUT2D eigenvalue weighted by atomic mass is 10.2. The van der Waals surface area contributed by atoms with Crippen LogP contribution >= 0.6 is 0 Å². The number of aromatic nitrogens is 3. The van der Waals surface area contributed by atoms with Gasteiger partial charge in [-0.2, -0.15) is 0 Å². The van der Waals surface area contributed by atoms with Crippen LogP contribution in [0.15, 0.2) is 67.4 Å². The third-order valence-electron chi connectivity index (χ3n) is 5.12. The van der Waals surface area contributed by atoms with E-state index in [9.17, 15) is 0 Å². The maximum Gasteiger partial charge on any atom is 0.171 e. The van der Waals surface area contributed by atoms with Gasteiger partial charge in [0.15, 0.2) is 11.5 Å². The highest BCUT2D eigenvalue weighted by Gasteiger charge is 2.15. The Bertz CT molecular complexity index is 1270. The fourth-order valence-corrected chi connectivity index (χ4v) is 3.38. The van der Waals surface area contributed by atoms with Gasteiger partial charge in [-0.05, 0) is 43.3 Å². The van der Waals surface area contributed by atoms with E-state index in [-0.39, 0.29) is 0 Å². The second-order valence-corrected chi connectivity index (χ2v) is 7.22. The summed E-state index contributed by atoms with van der Waals surface area (Å²) in [7, 11) is 5.40. The van der Waals surface area contributed by atoms with Crippen molar-refractivity contribution >= 4 is 28.1 Å². The summed E-state index contributed by atoms with van der Waals surface area (Å²) in [5.41, 5.74) is 3.30. The molecule has 4 aromatic rings. The number of benzene rings is 2. The lowest BCUT2D eigenvalue weighted by Gasteiger charge is -2.22. The van der Waals surface area contributed by atoms with Crippen LogP contribution in [0, 0.1) is 6.92 Å². The van der Waals surface area contributed by atoms with Crippen molar-refractivity contribution in [1.82, 2.24) is 20.3 Å².